The van der Waals surface area contributed by atoms with Gasteiger partial charge in [0.2, 0.25) is 0 Å². The van der Waals surface area contributed by atoms with E-state index < -0.39 is 0 Å². The van der Waals surface area contributed by atoms with Crippen LogP contribution in [0.1, 0.15) is 27.9 Å². The van der Waals surface area contributed by atoms with E-state index in [1.54, 1.807) is 91.0 Å². The second-order valence-electron chi connectivity index (χ2n) is 16.4. The number of H-pyrrole nitrogens is 1. The minimum atomic E-state index is 0.383. The number of halogens is 10. The minimum Gasteiger partial charge on any atom is -0.354 e. The highest BCUT2D eigenvalue weighted by Gasteiger charge is 2.33. The van der Waals surface area contributed by atoms with E-state index in [-0.39, 0.29) is 0 Å². The van der Waals surface area contributed by atoms with Crippen molar-refractivity contribution in [2.45, 2.75) is 0 Å². The molecular weight excluding hydrogens is 1090 g/mol. The molecule has 70 heavy (non-hydrogen) atoms. The molecule has 0 fully saturated rings. The Morgan fingerprint density at radius 3 is 1.17 bits per heavy atom. The van der Waals surface area contributed by atoms with Crippen molar-refractivity contribution in [3.8, 4) is 11.1 Å². The summed E-state index contributed by atoms with van der Waals surface area (Å²) >= 11 is 71.4. The zero-order valence-electron chi connectivity index (χ0n) is 35.4. The molecule has 0 aliphatic carbocycles. The molecule has 15 heteroatoms. The monoisotopic (exact) mass is 1100 g/mol. The smallest absolute Gasteiger partial charge is 0.0978 e. The summed E-state index contributed by atoms with van der Waals surface area (Å²) in [5, 5.41) is 6.00. The Balaban J connectivity index is 1.31. The van der Waals surface area contributed by atoms with E-state index in [9.17, 15) is 0 Å². The lowest BCUT2D eigenvalue weighted by Crippen LogP contribution is -2.21. The molecular formula is C55H25Cl10N5. The fraction of sp³-hybridized carbons (Fsp3) is 0. The van der Waals surface area contributed by atoms with E-state index in [4.69, 9.17) is 131 Å². The highest BCUT2D eigenvalue weighted by molar-refractivity contribution is 6.49. The first-order valence-corrected chi connectivity index (χ1v) is 25.1. The zero-order chi connectivity index (χ0) is 48.3. The Hall–Kier alpha value is -5.25. The summed E-state index contributed by atoms with van der Waals surface area (Å²) in [6.07, 6.45) is 9.63. The normalized spacial score (nSPS) is 15.1. The van der Waals surface area contributed by atoms with Crippen LogP contribution in [0.4, 0.5) is 5.69 Å². The van der Waals surface area contributed by atoms with Gasteiger partial charge in [-0.3, -0.25) is 0 Å². The quantitative estimate of drug-likeness (QED) is 0.179. The molecule has 0 spiro atoms. The molecule has 1 N–H and O–H groups in total. The van der Waals surface area contributed by atoms with Crippen molar-refractivity contribution in [3.05, 3.63) is 245 Å². The van der Waals surface area contributed by atoms with Crippen LogP contribution in [0, 0.1) is 0 Å². The van der Waals surface area contributed by atoms with Gasteiger partial charge in [0, 0.05) is 66.4 Å². The molecule has 12 rings (SSSR count). The van der Waals surface area contributed by atoms with Gasteiger partial charge in [-0.15, -0.1) is 0 Å². The Morgan fingerprint density at radius 1 is 0.343 bits per heavy atom. The first kappa shape index (κ1) is 45.9. The lowest BCUT2D eigenvalue weighted by molar-refractivity contribution is 1.14. The molecule has 5 aromatic carbocycles. The summed E-state index contributed by atoms with van der Waals surface area (Å²) in [7, 11) is 0. The lowest BCUT2D eigenvalue weighted by Gasteiger charge is -2.15. The maximum absolute atomic E-state index is 7.21. The van der Waals surface area contributed by atoms with Crippen LogP contribution in [0.25, 0.3) is 45.0 Å². The first-order chi connectivity index (χ1) is 33.9. The van der Waals surface area contributed by atoms with Crippen molar-refractivity contribution in [3.63, 3.8) is 0 Å². The summed E-state index contributed by atoms with van der Waals surface area (Å²) in [6.45, 7) is 0. The van der Waals surface area contributed by atoms with E-state index in [0.717, 1.165) is 5.52 Å². The Bertz CT molecular complexity index is 4020. The molecule has 7 heterocycles. The number of aromatic amines is 1. The van der Waals surface area contributed by atoms with Crippen LogP contribution in [0.5, 0.6) is 0 Å². The number of nitrogens with one attached hydrogen (secondary N) is 1. The predicted molar refractivity (Wildman–Crippen MR) is 297 cm³/mol. The van der Waals surface area contributed by atoms with Crippen LogP contribution >= 0.6 is 116 Å². The molecule has 0 saturated heterocycles. The van der Waals surface area contributed by atoms with Gasteiger partial charge in [0.25, 0.3) is 0 Å². The molecule has 0 unspecified atom stereocenters. The van der Waals surface area contributed by atoms with Gasteiger partial charge in [-0.25, -0.2) is 15.0 Å². The number of fused-ring (bicyclic) bond motifs is 5. The molecule has 0 atom stereocenters. The molecule has 8 aromatic rings. The lowest BCUT2D eigenvalue weighted by atomic mass is 9.98. The molecule has 340 valence electrons. The van der Waals surface area contributed by atoms with Gasteiger partial charge in [-0.05, 0) is 115 Å². The van der Waals surface area contributed by atoms with Gasteiger partial charge in [0.1, 0.15) is 0 Å². The van der Waals surface area contributed by atoms with Gasteiger partial charge in [-0.2, -0.15) is 0 Å². The average Bonchev–Trinajstić information content (AvgIpc) is 4.19. The minimum absolute atomic E-state index is 0.383. The number of aromatic nitrogens is 2. The van der Waals surface area contributed by atoms with Crippen LogP contribution in [-0.4, -0.2) is 26.5 Å². The van der Waals surface area contributed by atoms with Crippen LogP contribution in [0.15, 0.2) is 166 Å². The van der Waals surface area contributed by atoms with Crippen molar-refractivity contribution >= 4 is 173 Å². The highest BCUT2D eigenvalue weighted by Crippen LogP contribution is 2.48. The van der Waals surface area contributed by atoms with Crippen LogP contribution in [0.2, 0.25) is 50.2 Å². The third-order valence-corrected chi connectivity index (χ3v) is 15.6. The van der Waals surface area contributed by atoms with Gasteiger partial charge in [0.05, 0.1) is 101 Å². The third kappa shape index (κ3) is 7.32. The van der Waals surface area contributed by atoms with Crippen molar-refractivity contribution in [2.24, 2.45) is 15.0 Å². The largest absolute Gasteiger partial charge is 0.354 e. The second kappa shape index (κ2) is 17.8. The van der Waals surface area contributed by atoms with Gasteiger partial charge >= 0.3 is 0 Å². The SMILES string of the molecule is Clc1cccc(Cl)c1C1=C2C=CC(=N2)C(c2c(Cl)cccc2Cl)=c2ccc([nH]2)=C(c2c(Cl)cccc2Cl)C2=NC(=C(c3c(Cl)cccc3Cl)c3ccc4c(-c5c(Cl)cccc5Cl)c5c(n34)=CC1=N5)C=C2. The molecule has 0 amide bonds. The molecule has 0 radical (unpaired) electrons. The molecule has 3 aromatic heterocycles. The number of hydrogen-bond acceptors (Lipinski definition) is 3. The van der Waals surface area contributed by atoms with Gasteiger partial charge in [0.15, 0.2) is 0 Å². The highest BCUT2D eigenvalue weighted by atomic mass is 35.5. The number of hydrogen-bond donors (Lipinski definition) is 1. The van der Waals surface area contributed by atoms with E-state index in [1.165, 1.54) is 0 Å². The number of allylic oxidation sites excluding steroid dienone is 5. The fourth-order valence-electron chi connectivity index (χ4n) is 9.57. The van der Waals surface area contributed by atoms with Crippen LogP contribution < -0.4 is 16.0 Å². The molecule has 5 nitrogen and oxygen atoms in total. The van der Waals surface area contributed by atoms with Crippen LogP contribution in [-0.2, 0) is 0 Å². The van der Waals surface area contributed by atoms with Gasteiger partial charge in [-0.1, -0.05) is 146 Å². The van der Waals surface area contributed by atoms with Crippen molar-refractivity contribution in [2.75, 3.05) is 0 Å². The van der Waals surface area contributed by atoms with Gasteiger partial charge < -0.3 is 9.38 Å². The third-order valence-electron chi connectivity index (χ3n) is 12.5. The predicted octanol–water partition coefficient (Wildman–Crippen LogP) is 16.4. The molecule has 8 bridgehead atoms. The van der Waals surface area contributed by atoms with Crippen molar-refractivity contribution in [1.82, 2.24) is 9.38 Å². The molecule has 4 aliphatic rings. The van der Waals surface area contributed by atoms with E-state index in [2.05, 4.69) is 9.38 Å². The Morgan fingerprint density at radius 2 is 0.729 bits per heavy atom. The van der Waals surface area contributed by atoms with E-state index in [1.807, 2.05) is 54.6 Å². The van der Waals surface area contributed by atoms with Crippen molar-refractivity contribution in [1.29, 1.82) is 0 Å². The second-order valence-corrected chi connectivity index (χ2v) is 20.5. The maximum atomic E-state index is 7.21. The summed E-state index contributed by atoms with van der Waals surface area (Å²) in [4.78, 5) is 19.9. The Kier molecular flexibility index (Phi) is 11.7. The fourth-order valence-corrected chi connectivity index (χ4v) is 12.5. The maximum Gasteiger partial charge on any atom is 0.0978 e. The summed E-state index contributed by atoms with van der Waals surface area (Å²) in [5.41, 5.74) is 10.5. The topological polar surface area (TPSA) is 57.3 Å². The average molecular weight is 1110 g/mol. The molecule has 4 aliphatic heterocycles. The van der Waals surface area contributed by atoms with E-state index in [0.29, 0.717) is 162 Å². The van der Waals surface area contributed by atoms with Crippen LogP contribution in [0.3, 0.4) is 0 Å². The molecule has 0 saturated carbocycles. The summed E-state index contributed by atoms with van der Waals surface area (Å²) in [6, 6.07) is 34.7. The summed E-state index contributed by atoms with van der Waals surface area (Å²) < 4.78 is 2.10. The Labute approximate surface area is 449 Å². The first-order valence-electron chi connectivity index (χ1n) is 21.3. The number of nitrogens with zero attached hydrogens (tertiary/aromatic N) is 4. The summed E-state index contributed by atoms with van der Waals surface area (Å²) in [5.74, 6) is 0. The number of aliphatic imine (C=N–C) groups is 3. The zero-order valence-corrected chi connectivity index (χ0v) is 43.0. The number of benzene rings is 5. The van der Waals surface area contributed by atoms with Crippen molar-refractivity contribution < 1.29 is 0 Å². The standard InChI is InChI=1S/C55H25Cl10N5/c56-25-6-1-7-26(57)45(25)50-35-16-17-36(66-35)51(46-27(58)8-2-9-28(46)59)38-20-21-40(68-38)53(48-31(62)12-4-13-32(48)63)42-22-23-43-54(49-33(64)14-5-15-34(49)65)55-44(70(42)43)24-41(69-55)52(39-19-18-37(50)67-39)47-29(60)10-3-11-30(47)61/h1-24,66H. The number of rotatable bonds is 5. The van der Waals surface area contributed by atoms with E-state index >= 15 is 0 Å².